The molecule has 0 aliphatic rings. The van der Waals surface area contributed by atoms with Gasteiger partial charge >= 0.3 is 11.9 Å². The summed E-state index contributed by atoms with van der Waals surface area (Å²) < 4.78 is 15.6. The Bertz CT molecular complexity index is 450. The molecule has 0 aliphatic carbocycles. The molecule has 0 heterocycles. The van der Waals surface area contributed by atoms with Crippen molar-refractivity contribution in [1.29, 1.82) is 0 Å². The lowest BCUT2D eigenvalue weighted by molar-refractivity contribution is -0.140. The normalized spacial score (nSPS) is 11.3. The Morgan fingerprint density at radius 2 is 0.969 bits per heavy atom. The molecule has 188 valence electrons. The third-order valence-corrected chi connectivity index (χ3v) is 5.35. The van der Waals surface area contributed by atoms with Gasteiger partial charge in [0.15, 0.2) is 0 Å². The molecule has 6 nitrogen and oxygen atoms in total. The van der Waals surface area contributed by atoms with Crippen LogP contribution in [0.5, 0.6) is 0 Å². The number of carbonyl (C=O) groups is 2. The fourth-order valence-corrected chi connectivity index (χ4v) is 3.46. The molecule has 0 aromatic carbocycles. The Morgan fingerprint density at radius 3 is 1.44 bits per heavy atom. The summed E-state index contributed by atoms with van der Waals surface area (Å²) in [5.41, 5.74) is 0. The van der Waals surface area contributed by atoms with Gasteiger partial charge in [0.05, 0.1) is 19.8 Å². The van der Waals surface area contributed by atoms with Crippen LogP contribution < -0.4 is 0 Å². The quantitative estimate of drug-likeness (QED) is 0.0963. The number of hydrogen-bond acceptors (Lipinski definition) is 5. The first kappa shape index (κ1) is 30.6. The van der Waals surface area contributed by atoms with Gasteiger partial charge in [0.25, 0.3) is 0 Å². The average Bonchev–Trinajstić information content (AvgIpc) is 2.78. The van der Waals surface area contributed by atoms with E-state index < -0.39 is 11.9 Å². The highest BCUT2D eigenvalue weighted by atomic mass is 16.6. The van der Waals surface area contributed by atoms with Gasteiger partial charge in [0.2, 0.25) is 0 Å². The van der Waals surface area contributed by atoms with Crippen LogP contribution in [-0.2, 0) is 23.8 Å². The maximum atomic E-state index is 11.1. The van der Waals surface area contributed by atoms with Crippen LogP contribution in [-0.4, -0.2) is 50.1 Å². The number of rotatable bonds is 25. The van der Waals surface area contributed by atoms with E-state index in [1.165, 1.54) is 96.3 Å². The topological polar surface area (TPSA) is 82.1 Å². The van der Waals surface area contributed by atoms with Gasteiger partial charge in [-0.25, -0.2) is 9.59 Å². The van der Waals surface area contributed by atoms with Gasteiger partial charge < -0.3 is 19.3 Å². The molecular weight excluding hydrogens is 408 g/mol. The Kier molecular flexibility index (Phi) is 24.7. The number of carboxylic acid groups (broad SMARTS) is 1. The summed E-state index contributed by atoms with van der Waals surface area (Å²) >= 11 is 0. The van der Waals surface area contributed by atoms with Gasteiger partial charge in [-0.1, -0.05) is 103 Å². The molecule has 0 fully saturated rings. The number of esters is 1. The smallest absolute Gasteiger partial charge is 0.331 e. The van der Waals surface area contributed by atoms with Crippen LogP contribution in [0.15, 0.2) is 12.2 Å². The SMILES string of the molecule is CCCCCCCCCCCCCCCCCCOCCOCCOC(=O)/C=C\C(=O)O. The molecule has 0 bridgehead atoms. The zero-order valence-electron chi connectivity index (χ0n) is 20.5. The molecule has 0 rings (SSSR count). The molecule has 0 saturated heterocycles. The zero-order chi connectivity index (χ0) is 23.5. The monoisotopic (exact) mass is 456 g/mol. The molecule has 0 radical (unpaired) electrons. The number of carbonyl (C=O) groups excluding carboxylic acids is 1. The molecule has 0 saturated carbocycles. The third kappa shape index (κ3) is 26.6. The average molecular weight is 457 g/mol. The summed E-state index contributed by atoms with van der Waals surface area (Å²) in [5, 5.41) is 8.39. The van der Waals surface area contributed by atoms with Crippen LogP contribution >= 0.6 is 0 Å². The third-order valence-electron chi connectivity index (χ3n) is 5.35. The van der Waals surface area contributed by atoms with Crippen molar-refractivity contribution in [3.8, 4) is 0 Å². The summed E-state index contributed by atoms with van der Waals surface area (Å²) in [4.78, 5) is 21.4. The Morgan fingerprint density at radius 1 is 0.562 bits per heavy atom. The fourth-order valence-electron chi connectivity index (χ4n) is 3.46. The standard InChI is InChI=1S/C26H48O6/c1-2-3-4-5-6-7-8-9-10-11-12-13-14-15-16-17-20-30-21-22-31-23-24-32-26(29)19-18-25(27)28/h18-19H,2-17,20-24H2,1H3,(H,27,28)/b19-18-. The lowest BCUT2D eigenvalue weighted by Gasteiger charge is -2.06. The van der Waals surface area contributed by atoms with Crippen LogP contribution in [0.2, 0.25) is 0 Å². The highest BCUT2D eigenvalue weighted by Crippen LogP contribution is 2.13. The Labute approximate surface area is 196 Å². The van der Waals surface area contributed by atoms with Crippen LogP contribution in [0, 0.1) is 0 Å². The largest absolute Gasteiger partial charge is 0.478 e. The van der Waals surface area contributed by atoms with Gasteiger partial charge in [0, 0.05) is 18.8 Å². The Balaban J connectivity index is 3.11. The van der Waals surface area contributed by atoms with Gasteiger partial charge in [-0.05, 0) is 6.42 Å². The molecule has 32 heavy (non-hydrogen) atoms. The zero-order valence-corrected chi connectivity index (χ0v) is 20.5. The molecular formula is C26H48O6. The van der Waals surface area contributed by atoms with Crippen LogP contribution in [0.1, 0.15) is 110 Å². The van der Waals surface area contributed by atoms with Crippen molar-refractivity contribution >= 4 is 11.9 Å². The second-order valence-electron chi connectivity index (χ2n) is 8.37. The van der Waals surface area contributed by atoms with Gasteiger partial charge in [0.1, 0.15) is 6.61 Å². The maximum Gasteiger partial charge on any atom is 0.331 e. The number of hydrogen-bond donors (Lipinski definition) is 1. The first-order chi connectivity index (χ1) is 15.7. The van der Waals surface area contributed by atoms with E-state index in [0.717, 1.165) is 25.2 Å². The van der Waals surface area contributed by atoms with E-state index in [2.05, 4.69) is 6.92 Å². The molecule has 0 unspecified atom stereocenters. The molecule has 6 heteroatoms. The van der Waals surface area contributed by atoms with Gasteiger partial charge in [-0.3, -0.25) is 0 Å². The molecule has 0 aliphatic heterocycles. The van der Waals surface area contributed by atoms with Crippen molar-refractivity contribution in [2.45, 2.75) is 110 Å². The van der Waals surface area contributed by atoms with Crippen molar-refractivity contribution < 1.29 is 28.9 Å². The molecule has 0 atom stereocenters. The van der Waals surface area contributed by atoms with Gasteiger partial charge in [-0.15, -0.1) is 0 Å². The van der Waals surface area contributed by atoms with Crippen LogP contribution in [0.3, 0.4) is 0 Å². The van der Waals surface area contributed by atoms with Crippen molar-refractivity contribution in [2.75, 3.05) is 33.0 Å². The molecule has 1 N–H and O–H groups in total. The lowest BCUT2D eigenvalue weighted by Crippen LogP contribution is -2.12. The minimum atomic E-state index is -1.18. The molecule has 0 spiro atoms. The van der Waals surface area contributed by atoms with E-state index in [1.807, 2.05) is 0 Å². The second kappa shape index (κ2) is 25.9. The van der Waals surface area contributed by atoms with E-state index in [4.69, 9.17) is 19.3 Å². The molecule has 0 aromatic rings. The fraction of sp³-hybridized carbons (Fsp3) is 0.846. The van der Waals surface area contributed by atoms with E-state index in [1.54, 1.807) is 0 Å². The second-order valence-corrected chi connectivity index (χ2v) is 8.37. The number of ether oxygens (including phenoxy) is 3. The predicted octanol–water partition coefficient (Wildman–Crippen LogP) is 6.47. The number of aliphatic carboxylic acids is 1. The summed E-state index contributed by atoms with van der Waals surface area (Å²) in [6, 6.07) is 0. The van der Waals surface area contributed by atoms with Gasteiger partial charge in [-0.2, -0.15) is 0 Å². The van der Waals surface area contributed by atoms with Crippen LogP contribution in [0.4, 0.5) is 0 Å². The first-order valence-corrected chi connectivity index (χ1v) is 12.9. The first-order valence-electron chi connectivity index (χ1n) is 12.9. The molecule has 0 aromatic heterocycles. The summed E-state index contributed by atoms with van der Waals surface area (Å²) in [5.74, 6) is -1.87. The van der Waals surface area contributed by atoms with Crippen molar-refractivity contribution in [1.82, 2.24) is 0 Å². The number of unbranched alkanes of at least 4 members (excludes halogenated alkanes) is 15. The summed E-state index contributed by atoms with van der Waals surface area (Å²) in [6.07, 6.45) is 23.4. The van der Waals surface area contributed by atoms with Crippen molar-refractivity contribution in [3.05, 3.63) is 12.2 Å². The minimum Gasteiger partial charge on any atom is -0.478 e. The van der Waals surface area contributed by atoms with Crippen molar-refractivity contribution in [3.63, 3.8) is 0 Å². The predicted molar refractivity (Wildman–Crippen MR) is 129 cm³/mol. The van der Waals surface area contributed by atoms with E-state index in [0.29, 0.717) is 13.2 Å². The highest BCUT2D eigenvalue weighted by Gasteiger charge is 1.99. The van der Waals surface area contributed by atoms with E-state index in [9.17, 15) is 9.59 Å². The summed E-state index contributed by atoms with van der Waals surface area (Å²) in [7, 11) is 0. The minimum absolute atomic E-state index is 0.0991. The van der Waals surface area contributed by atoms with Crippen LogP contribution in [0.25, 0.3) is 0 Å². The molecule has 0 amide bonds. The van der Waals surface area contributed by atoms with E-state index in [-0.39, 0.29) is 13.2 Å². The Hall–Kier alpha value is -1.40. The lowest BCUT2D eigenvalue weighted by atomic mass is 10.0. The summed E-state index contributed by atoms with van der Waals surface area (Å²) in [6.45, 7) is 4.40. The maximum absolute atomic E-state index is 11.1. The number of carboxylic acids is 1. The van der Waals surface area contributed by atoms with E-state index >= 15 is 0 Å². The highest BCUT2D eigenvalue weighted by molar-refractivity contribution is 5.90. The van der Waals surface area contributed by atoms with Crippen molar-refractivity contribution in [2.24, 2.45) is 0 Å².